The quantitative estimate of drug-likeness (QED) is 0.713. The molecule has 2 rings (SSSR count). The Labute approximate surface area is 126 Å². The van der Waals surface area contributed by atoms with Gasteiger partial charge in [0.15, 0.2) is 0 Å². The van der Waals surface area contributed by atoms with Gasteiger partial charge in [-0.2, -0.15) is 0 Å². The second kappa shape index (κ2) is 7.05. The molecule has 20 heavy (non-hydrogen) atoms. The number of benzene rings is 1. The van der Waals surface area contributed by atoms with E-state index in [1.54, 1.807) is 0 Å². The van der Waals surface area contributed by atoms with Crippen molar-refractivity contribution in [2.75, 3.05) is 13.1 Å². The van der Waals surface area contributed by atoms with Gasteiger partial charge in [-0.25, -0.2) is 4.98 Å². The van der Waals surface area contributed by atoms with Crippen LogP contribution in [0.3, 0.4) is 0 Å². The third-order valence-electron chi connectivity index (χ3n) is 3.86. The van der Waals surface area contributed by atoms with Crippen molar-refractivity contribution in [1.29, 1.82) is 0 Å². The maximum atomic E-state index is 6.34. The summed E-state index contributed by atoms with van der Waals surface area (Å²) < 4.78 is 0. The second-order valence-electron chi connectivity index (χ2n) is 5.47. The lowest BCUT2D eigenvalue weighted by molar-refractivity contribution is 0.238. The van der Waals surface area contributed by atoms with Crippen molar-refractivity contribution >= 4 is 22.5 Å². The zero-order valence-corrected chi connectivity index (χ0v) is 13.3. The van der Waals surface area contributed by atoms with E-state index in [0.717, 1.165) is 36.1 Å². The number of pyridine rings is 1. The van der Waals surface area contributed by atoms with E-state index in [1.165, 1.54) is 6.42 Å². The molecule has 0 aliphatic carbocycles. The van der Waals surface area contributed by atoms with Gasteiger partial charge in [0.25, 0.3) is 0 Å². The molecule has 1 aromatic carbocycles. The number of rotatable bonds is 6. The Morgan fingerprint density at radius 1 is 1.25 bits per heavy atom. The highest BCUT2D eigenvalue weighted by atomic mass is 35.5. The Kier molecular flexibility index (Phi) is 5.38. The molecule has 0 aliphatic rings. The van der Waals surface area contributed by atoms with Crippen LogP contribution in [0.25, 0.3) is 10.9 Å². The van der Waals surface area contributed by atoms with Crippen LogP contribution in [-0.4, -0.2) is 23.0 Å². The van der Waals surface area contributed by atoms with Gasteiger partial charge in [0.1, 0.15) is 5.15 Å². The Balaban J connectivity index is 2.21. The predicted octanol–water partition coefficient (Wildman–Crippen LogP) is 4.76. The summed E-state index contributed by atoms with van der Waals surface area (Å²) in [6.45, 7) is 9.75. The third-order valence-corrected chi connectivity index (χ3v) is 4.19. The van der Waals surface area contributed by atoms with Gasteiger partial charge in [0.2, 0.25) is 0 Å². The van der Waals surface area contributed by atoms with Gasteiger partial charge in [-0.3, -0.25) is 4.90 Å². The Bertz CT molecular complexity index is 568. The zero-order chi connectivity index (χ0) is 14.5. The largest absolute Gasteiger partial charge is 0.299 e. The number of hydrogen-bond acceptors (Lipinski definition) is 2. The normalized spacial score (nSPS) is 13.1. The van der Waals surface area contributed by atoms with Gasteiger partial charge in [-0.05, 0) is 24.6 Å². The standard InChI is InChI=1S/C17H23ClN2/c1-4-13(3)11-20(5-2)12-15-10-14-8-6-7-9-16(14)19-17(15)18/h6-10,13H,4-5,11-12H2,1-3H3. The Hall–Kier alpha value is -1.12. The molecule has 0 aliphatic heterocycles. The van der Waals surface area contributed by atoms with Crippen LogP contribution in [0.1, 0.15) is 32.8 Å². The van der Waals surface area contributed by atoms with E-state index in [9.17, 15) is 0 Å². The van der Waals surface area contributed by atoms with Gasteiger partial charge in [0.05, 0.1) is 5.52 Å². The van der Waals surface area contributed by atoms with E-state index in [-0.39, 0.29) is 0 Å². The van der Waals surface area contributed by atoms with Crippen LogP contribution in [0.15, 0.2) is 30.3 Å². The van der Waals surface area contributed by atoms with Crippen LogP contribution in [0.5, 0.6) is 0 Å². The van der Waals surface area contributed by atoms with Crippen molar-refractivity contribution in [3.8, 4) is 0 Å². The summed E-state index contributed by atoms with van der Waals surface area (Å²) in [4.78, 5) is 6.94. The minimum Gasteiger partial charge on any atom is -0.299 e. The van der Waals surface area contributed by atoms with Crippen LogP contribution >= 0.6 is 11.6 Å². The molecular weight excluding hydrogens is 268 g/mol. The molecule has 1 aromatic heterocycles. The van der Waals surface area contributed by atoms with E-state index in [4.69, 9.17) is 11.6 Å². The molecule has 2 nitrogen and oxygen atoms in total. The highest BCUT2D eigenvalue weighted by Gasteiger charge is 2.11. The van der Waals surface area contributed by atoms with E-state index in [1.807, 2.05) is 18.2 Å². The lowest BCUT2D eigenvalue weighted by Gasteiger charge is -2.24. The highest BCUT2D eigenvalue weighted by Crippen LogP contribution is 2.22. The number of para-hydroxylation sites is 1. The molecule has 1 atom stereocenters. The first-order valence-electron chi connectivity index (χ1n) is 7.40. The molecule has 1 heterocycles. The van der Waals surface area contributed by atoms with Gasteiger partial charge >= 0.3 is 0 Å². The number of aromatic nitrogens is 1. The summed E-state index contributed by atoms with van der Waals surface area (Å²) >= 11 is 6.34. The molecule has 0 saturated carbocycles. The Morgan fingerprint density at radius 2 is 2.00 bits per heavy atom. The van der Waals surface area contributed by atoms with Crippen molar-refractivity contribution in [3.63, 3.8) is 0 Å². The number of fused-ring (bicyclic) bond motifs is 1. The number of halogens is 1. The molecule has 0 N–H and O–H groups in total. The highest BCUT2D eigenvalue weighted by molar-refractivity contribution is 6.30. The molecule has 108 valence electrons. The number of nitrogens with zero attached hydrogens (tertiary/aromatic N) is 2. The average Bonchev–Trinajstić information content (AvgIpc) is 2.46. The van der Waals surface area contributed by atoms with Gasteiger partial charge in [-0.1, -0.05) is 57.0 Å². The van der Waals surface area contributed by atoms with Crippen molar-refractivity contribution in [3.05, 3.63) is 41.0 Å². The lowest BCUT2D eigenvalue weighted by Crippen LogP contribution is -2.28. The first-order chi connectivity index (χ1) is 9.63. The lowest BCUT2D eigenvalue weighted by atomic mass is 10.1. The van der Waals surface area contributed by atoms with E-state index in [2.05, 4.69) is 42.8 Å². The summed E-state index contributed by atoms with van der Waals surface area (Å²) in [6.07, 6.45) is 1.21. The maximum Gasteiger partial charge on any atom is 0.134 e. The van der Waals surface area contributed by atoms with Crippen LogP contribution in [0.2, 0.25) is 5.15 Å². The van der Waals surface area contributed by atoms with E-state index < -0.39 is 0 Å². The second-order valence-corrected chi connectivity index (χ2v) is 5.83. The fourth-order valence-electron chi connectivity index (χ4n) is 2.36. The zero-order valence-electron chi connectivity index (χ0n) is 12.6. The molecule has 2 aromatic rings. The van der Waals surface area contributed by atoms with Gasteiger partial charge in [0, 0.05) is 24.0 Å². The summed E-state index contributed by atoms with van der Waals surface area (Å²) in [5.74, 6) is 0.710. The summed E-state index contributed by atoms with van der Waals surface area (Å²) in [5, 5.41) is 1.79. The monoisotopic (exact) mass is 290 g/mol. The predicted molar refractivity (Wildman–Crippen MR) is 87.2 cm³/mol. The van der Waals surface area contributed by atoms with Crippen molar-refractivity contribution < 1.29 is 0 Å². The minimum atomic E-state index is 0.631. The molecular formula is C17H23ClN2. The first-order valence-corrected chi connectivity index (χ1v) is 7.78. The van der Waals surface area contributed by atoms with E-state index in [0.29, 0.717) is 11.1 Å². The fraction of sp³-hybridized carbons (Fsp3) is 0.471. The molecule has 1 unspecified atom stereocenters. The molecule has 0 radical (unpaired) electrons. The van der Waals surface area contributed by atoms with E-state index >= 15 is 0 Å². The van der Waals surface area contributed by atoms with Crippen LogP contribution in [0, 0.1) is 5.92 Å². The summed E-state index contributed by atoms with van der Waals surface area (Å²) in [6, 6.07) is 10.3. The summed E-state index contributed by atoms with van der Waals surface area (Å²) in [7, 11) is 0. The summed E-state index contributed by atoms with van der Waals surface area (Å²) in [5.41, 5.74) is 2.08. The van der Waals surface area contributed by atoms with Crippen LogP contribution in [-0.2, 0) is 6.54 Å². The van der Waals surface area contributed by atoms with Crippen LogP contribution in [0.4, 0.5) is 0 Å². The van der Waals surface area contributed by atoms with Crippen molar-refractivity contribution in [1.82, 2.24) is 9.88 Å². The third kappa shape index (κ3) is 3.71. The average molecular weight is 291 g/mol. The first kappa shape index (κ1) is 15.3. The molecule has 0 amide bonds. The Morgan fingerprint density at radius 3 is 2.70 bits per heavy atom. The fourth-order valence-corrected chi connectivity index (χ4v) is 2.57. The SMILES string of the molecule is CCC(C)CN(CC)Cc1cc2ccccc2nc1Cl. The molecule has 0 saturated heterocycles. The number of hydrogen-bond donors (Lipinski definition) is 0. The van der Waals surface area contributed by atoms with Crippen molar-refractivity contribution in [2.45, 2.75) is 33.7 Å². The smallest absolute Gasteiger partial charge is 0.134 e. The molecule has 0 bridgehead atoms. The van der Waals surface area contributed by atoms with Gasteiger partial charge < -0.3 is 0 Å². The minimum absolute atomic E-state index is 0.631. The maximum absolute atomic E-state index is 6.34. The molecule has 3 heteroatoms. The van der Waals surface area contributed by atoms with Crippen molar-refractivity contribution in [2.24, 2.45) is 5.92 Å². The topological polar surface area (TPSA) is 16.1 Å². The molecule has 0 spiro atoms. The van der Waals surface area contributed by atoms with Crippen LogP contribution < -0.4 is 0 Å². The van der Waals surface area contributed by atoms with Gasteiger partial charge in [-0.15, -0.1) is 0 Å². The molecule has 0 fully saturated rings.